The van der Waals surface area contributed by atoms with E-state index >= 15 is 0 Å². The fourth-order valence-electron chi connectivity index (χ4n) is 6.57. The van der Waals surface area contributed by atoms with Crippen LogP contribution in [0.2, 0.25) is 0 Å². The Balaban J connectivity index is 3.74. The lowest BCUT2D eigenvalue weighted by Crippen LogP contribution is -2.53. The fourth-order valence-corrected chi connectivity index (χ4v) is 6.57. The molecule has 4 atom stereocenters. The van der Waals surface area contributed by atoms with Gasteiger partial charge in [0.05, 0.1) is 18.8 Å². The van der Waals surface area contributed by atoms with E-state index in [-0.39, 0.29) is 0 Å². The SMILES string of the molecule is CCCCCCCCCCCCC=CCCCCCCCCC(O)C(=O)NC(CO)C(O)C(O)CCCCCCCCCCCCCC. The number of aliphatic hydroxyl groups is 4. The topological polar surface area (TPSA) is 110 Å². The minimum Gasteiger partial charge on any atom is -0.394 e. The molecule has 6 nitrogen and oxygen atoms in total. The lowest BCUT2D eigenvalue weighted by atomic mass is 9.99. The highest BCUT2D eigenvalue weighted by molar-refractivity contribution is 5.80. The summed E-state index contributed by atoms with van der Waals surface area (Å²) < 4.78 is 0. The number of allylic oxidation sites excluding steroid dienone is 2. The number of amides is 1. The van der Waals surface area contributed by atoms with Gasteiger partial charge in [0.1, 0.15) is 12.2 Å². The van der Waals surface area contributed by atoms with Crippen molar-refractivity contribution in [1.82, 2.24) is 5.32 Å². The molecule has 0 heterocycles. The maximum Gasteiger partial charge on any atom is 0.249 e. The Hall–Kier alpha value is -0.950. The largest absolute Gasteiger partial charge is 0.394 e. The van der Waals surface area contributed by atoms with Crippen LogP contribution < -0.4 is 5.32 Å². The van der Waals surface area contributed by atoms with Crippen molar-refractivity contribution in [2.45, 2.75) is 244 Å². The highest BCUT2D eigenvalue weighted by Gasteiger charge is 2.28. The van der Waals surface area contributed by atoms with Gasteiger partial charge in [-0.05, 0) is 38.5 Å². The van der Waals surface area contributed by atoms with E-state index in [2.05, 4.69) is 31.3 Å². The van der Waals surface area contributed by atoms with Crippen molar-refractivity contribution in [3.05, 3.63) is 12.2 Å². The Bertz CT molecular complexity index is 687. The van der Waals surface area contributed by atoms with Crippen LogP contribution in [0.5, 0.6) is 0 Å². The third-order valence-electron chi connectivity index (χ3n) is 9.98. The molecular formula is C42H83NO5. The number of rotatable bonds is 38. The van der Waals surface area contributed by atoms with Crippen LogP contribution in [-0.4, -0.2) is 57.3 Å². The molecule has 0 aliphatic carbocycles. The third kappa shape index (κ3) is 31.1. The fraction of sp³-hybridized carbons (Fsp3) is 0.929. The van der Waals surface area contributed by atoms with E-state index in [1.165, 1.54) is 148 Å². The first-order valence-corrected chi connectivity index (χ1v) is 21.1. The van der Waals surface area contributed by atoms with Crippen molar-refractivity contribution in [3.63, 3.8) is 0 Å². The van der Waals surface area contributed by atoms with E-state index < -0.39 is 36.9 Å². The molecular weight excluding hydrogens is 598 g/mol. The van der Waals surface area contributed by atoms with Gasteiger partial charge < -0.3 is 25.7 Å². The molecule has 0 radical (unpaired) electrons. The van der Waals surface area contributed by atoms with Crippen LogP contribution in [0.15, 0.2) is 12.2 Å². The Morgan fingerprint density at radius 1 is 0.500 bits per heavy atom. The molecule has 0 aromatic rings. The van der Waals surface area contributed by atoms with Crippen molar-refractivity contribution in [1.29, 1.82) is 0 Å². The lowest BCUT2D eigenvalue weighted by molar-refractivity contribution is -0.132. The van der Waals surface area contributed by atoms with Gasteiger partial charge in [0, 0.05) is 0 Å². The van der Waals surface area contributed by atoms with Crippen molar-refractivity contribution in [2.75, 3.05) is 6.61 Å². The van der Waals surface area contributed by atoms with Crippen LogP contribution in [0.3, 0.4) is 0 Å². The Morgan fingerprint density at radius 2 is 0.833 bits per heavy atom. The summed E-state index contributed by atoms with van der Waals surface area (Å²) in [7, 11) is 0. The predicted molar refractivity (Wildman–Crippen MR) is 205 cm³/mol. The first-order valence-electron chi connectivity index (χ1n) is 21.1. The molecule has 6 heteroatoms. The van der Waals surface area contributed by atoms with Crippen molar-refractivity contribution < 1.29 is 25.2 Å². The van der Waals surface area contributed by atoms with Crippen LogP contribution >= 0.6 is 0 Å². The summed E-state index contributed by atoms with van der Waals surface area (Å²) in [4.78, 5) is 12.5. The standard InChI is InChI=1S/C42H83NO5/c1-3-5-7-9-11-13-15-17-18-19-20-21-22-23-24-26-28-30-32-34-36-40(46)42(48)43-38(37-44)41(47)39(45)35-33-31-29-27-25-16-14-12-10-8-6-4-2/h21-22,38-41,44-47H,3-20,23-37H2,1-2H3,(H,43,48). The van der Waals surface area contributed by atoms with Crippen LogP contribution in [0.1, 0.15) is 219 Å². The first kappa shape index (κ1) is 47.0. The minimum absolute atomic E-state index is 0.364. The summed E-state index contributed by atoms with van der Waals surface area (Å²) in [5.41, 5.74) is 0. The Labute approximate surface area is 298 Å². The van der Waals surface area contributed by atoms with E-state index in [4.69, 9.17) is 0 Å². The summed E-state index contributed by atoms with van der Waals surface area (Å²) in [6, 6.07) is -0.983. The molecule has 0 fully saturated rings. The molecule has 286 valence electrons. The van der Waals surface area contributed by atoms with E-state index in [1.807, 2.05) is 0 Å². The van der Waals surface area contributed by atoms with E-state index in [1.54, 1.807) is 0 Å². The molecule has 5 N–H and O–H groups in total. The van der Waals surface area contributed by atoms with Gasteiger partial charge in [-0.3, -0.25) is 4.79 Å². The van der Waals surface area contributed by atoms with Gasteiger partial charge in [0.2, 0.25) is 5.91 Å². The molecule has 48 heavy (non-hydrogen) atoms. The predicted octanol–water partition coefficient (Wildman–Crippen LogP) is 10.6. The molecule has 1 amide bonds. The second-order valence-electron chi connectivity index (χ2n) is 14.7. The van der Waals surface area contributed by atoms with Crippen molar-refractivity contribution in [3.8, 4) is 0 Å². The van der Waals surface area contributed by atoms with Gasteiger partial charge in [-0.25, -0.2) is 0 Å². The molecule has 0 aromatic carbocycles. The summed E-state index contributed by atoms with van der Waals surface area (Å²) >= 11 is 0. The molecule has 0 saturated heterocycles. The molecule has 0 saturated carbocycles. The zero-order chi connectivity index (χ0) is 35.3. The van der Waals surface area contributed by atoms with Crippen LogP contribution in [0, 0.1) is 0 Å². The second-order valence-corrected chi connectivity index (χ2v) is 14.7. The molecule has 0 spiro atoms. The van der Waals surface area contributed by atoms with Gasteiger partial charge in [0.25, 0.3) is 0 Å². The van der Waals surface area contributed by atoms with E-state index in [9.17, 15) is 25.2 Å². The molecule has 0 aromatic heterocycles. The molecule has 0 rings (SSSR count). The monoisotopic (exact) mass is 682 g/mol. The van der Waals surface area contributed by atoms with Gasteiger partial charge in [-0.1, -0.05) is 193 Å². The highest BCUT2D eigenvalue weighted by atomic mass is 16.3. The second kappa shape index (κ2) is 37.3. The highest BCUT2D eigenvalue weighted by Crippen LogP contribution is 2.16. The van der Waals surface area contributed by atoms with Crippen LogP contribution in [-0.2, 0) is 4.79 Å². The zero-order valence-electron chi connectivity index (χ0n) is 32.0. The average molecular weight is 682 g/mol. The van der Waals surface area contributed by atoms with Crippen LogP contribution in [0.25, 0.3) is 0 Å². The first-order chi connectivity index (χ1) is 23.5. The quantitative estimate of drug-likeness (QED) is 0.0329. The maximum absolute atomic E-state index is 12.5. The summed E-state index contributed by atoms with van der Waals surface area (Å²) in [5.74, 6) is -0.588. The number of carbonyl (C=O) groups is 1. The van der Waals surface area contributed by atoms with Crippen LogP contribution in [0.4, 0.5) is 0 Å². The Morgan fingerprint density at radius 3 is 1.21 bits per heavy atom. The third-order valence-corrected chi connectivity index (χ3v) is 9.98. The van der Waals surface area contributed by atoms with E-state index in [0.29, 0.717) is 12.8 Å². The average Bonchev–Trinajstić information content (AvgIpc) is 3.09. The molecule has 4 unspecified atom stereocenters. The van der Waals surface area contributed by atoms with E-state index in [0.717, 1.165) is 44.9 Å². The maximum atomic E-state index is 12.5. The molecule has 0 bridgehead atoms. The normalized spacial score (nSPS) is 14.4. The van der Waals surface area contributed by atoms with Gasteiger partial charge in [0.15, 0.2) is 0 Å². The molecule has 0 aliphatic heterocycles. The van der Waals surface area contributed by atoms with Crippen molar-refractivity contribution >= 4 is 5.91 Å². The zero-order valence-corrected chi connectivity index (χ0v) is 32.0. The summed E-state index contributed by atoms with van der Waals surface area (Å²) in [5, 5.41) is 43.6. The minimum atomic E-state index is -1.26. The van der Waals surface area contributed by atoms with Gasteiger partial charge in [-0.15, -0.1) is 0 Å². The smallest absolute Gasteiger partial charge is 0.249 e. The summed E-state index contributed by atoms with van der Waals surface area (Å²) in [6.45, 7) is 4.04. The number of hydrogen-bond acceptors (Lipinski definition) is 5. The number of carbonyl (C=O) groups excluding carboxylic acids is 1. The van der Waals surface area contributed by atoms with Crippen molar-refractivity contribution in [2.24, 2.45) is 0 Å². The number of hydrogen-bond donors (Lipinski definition) is 5. The summed E-state index contributed by atoms with van der Waals surface area (Å²) in [6.07, 6.45) is 39.5. The molecule has 0 aliphatic rings. The number of nitrogens with one attached hydrogen (secondary N) is 1. The Kier molecular flexibility index (Phi) is 36.6. The number of unbranched alkanes of at least 4 members (excludes halogenated alkanes) is 27. The van der Waals surface area contributed by atoms with Gasteiger partial charge in [-0.2, -0.15) is 0 Å². The van der Waals surface area contributed by atoms with Gasteiger partial charge >= 0.3 is 0 Å². The lowest BCUT2D eigenvalue weighted by Gasteiger charge is -2.27. The number of aliphatic hydroxyl groups excluding tert-OH is 4.